The van der Waals surface area contributed by atoms with E-state index in [9.17, 15) is 14.4 Å². The average Bonchev–Trinajstić information content (AvgIpc) is 2.70. The molecule has 5 unspecified atom stereocenters. The molecule has 0 spiro atoms. The van der Waals surface area contributed by atoms with Gasteiger partial charge in [-0.2, -0.15) is 0 Å². The van der Waals surface area contributed by atoms with Gasteiger partial charge in [-0.3, -0.25) is 24.6 Å². The van der Waals surface area contributed by atoms with E-state index in [4.69, 9.17) is 0 Å². The molecule has 0 radical (unpaired) electrons. The molecule has 4 N–H and O–H groups in total. The maximum atomic E-state index is 13.1. The molecule has 3 amide bonds. The minimum Gasteiger partial charge on any atom is -0.340 e. The van der Waals surface area contributed by atoms with Crippen molar-refractivity contribution in [3.8, 4) is 0 Å². The van der Waals surface area contributed by atoms with Crippen LogP contribution in [0.25, 0.3) is 0 Å². The molecule has 3 aliphatic heterocycles. The maximum absolute atomic E-state index is 13.1. The first kappa shape index (κ1) is 20.8. The number of hydrogen-bond acceptors (Lipinski definition) is 5. The molecular weight excluding hydrogens is 382 g/mol. The Bertz CT molecular complexity index is 857. The van der Waals surface area contributed by atoms with Crippen LogP contribution >= 0.6 is 0 Å². The van der Waals surface area contributed by atoms with Crippen molar-refractivity contribution in [1.29, 1.82) is 0 Å². The van der Waals surface area contributed by atoms with Crippen LogP contribution in [0, 0.1) is 25.7 Å². The molecule has 0 bridgehead atoms. The maximum Gasteiger partial charge on any atom is 0.229 e. The summed E-state index contributed by atoms with van der Waals surface area (Å²) in [6, 6.07) is 6.17. The summed E-state index contributed by atoms with van der Waals surface area (Å²) in [5.74, 6) is -2.08. The number of anilines is 1. The standard InChI is InChI=1S/C22H31N5O3/c1-12-7-8-13(2)16(10-12)23-20(29)15-11-17(28)24-19-18(15)21(30)26-22(25-19)27-9-5-4-6-14(27)3/h7-8,10,14-15,18-19,22,25H,4-6,9,11H2,1-3H3,(H,23,29)(H,24,28)(H,26,30). The monoisotopic (exact) mass is 413 g/mol. The lowest BCUT2D eigenvalue weighted by Gasteiger charge is -2.48. The fraction of sp³-hybridized carbons (Fsp3) is 0.591. The van der Waals surface area contributed by atoms with Gasteiger partial charge in [0.1, 0.15) is 6.29 Å². The predicted octanol–water partition coefficient (Wildman–Crippen LogP) is 1.20. The zero-order chi connectivity index (χ0) is 21.4. The van der Waals surface area contributed by atoms with E-state index in [-0.39, 0.29) is 30.4 Å². The summed E-state index contributed by atoms with van der Waals surface area (Å²) in [4.78, 5) is 40.8. The highest BCUT2D eigenvalue weighted by Crippen LogP contribution is 2.30. The van der Waals surface area contributed by atoms with Crippen LogP contribution in [0.5, 0.6) is 0 Å². The quantitative estimate of drug-likeness (QED) is 0.596. The van der Waals surface area contributed by atoms with Crippen molar-refractivity contribution >= 4 is 23.4 Å². The van der Waals surface area contributed by atoms with Gasteiger partial charge in [0.15, 0.2) is 0 Å². The molecule has 0 aromatic heterocycles. The number of piperidine rings is 2. The molecule has 8 nitrogen and oxygen atoms in total. The summed E-state index contributed by atoms with van der Waals surface area (Å²) in [7, 11) is 0. The number of likely N-dealkylation sites (tertiary alicyclic amines) is 1. The number of benzene rings is 1. The van der Waals surface area contributed by atoms with Crippen molar-refractivity contribution in [2.45, 2.75) is 65.0 Å². The van der Waals surface area contributed by atoms with Crippen LogP contribution in [0.2, 0.25) is 0 Å². The zero-order valence-electron chi connectivity index (χ0n) is 17.8. The normalized spacial score (nSPS) is 32.0. The van der Waals surface area contributed by atoms with E-state index in [1.807, 2.05) is 32.0 Å². The molecule has 3 saturated heterocycles. The molecule has 0 saturated carbocycles. The lowest BCUT2D eigenvalue weighted by molar-refractivity contribution is -0.148. The van der Waals surface area contributed by atoms with Gasteiger partial charge in [0.25, 0.3) is 0 Å². The van der Waals surface area contributed by atoms with Gasteiger partial charge in [-0.1, -0.05) is 18.6 Å². The molecule has 5 atom stereocenters. The van der Waals surface area contributed by atoms with Crippen molar-refractivity contribution in [1.82, 2.24) is 20.9 Å². The van der Waals surface area contributed by atoms with Crippen LogP contribution in [0.15, 0.2) is 18.2 Å². The minimum absolute atomic E-state index is 0.00224. The fourth-order valence-electron chi connectivity index (χ4n) is 4.84. The third kappa shape index (κ3) is 4.06. The van der Waals surface area contributed by atoms with Crippen LogP contribution in [0.3, 0.4) is 0 Å². The highest BCUT2D eigenvalue weighted by Gasteiger charge is 2.49. The second kappa shape index (κ2) is 8.35. The number of rotatable bonds is 3. The number of nitrogens with zero attached hydrogens (tertiary/aromatic N) is 1. The van der Waals surface area contributed by atoms with Crippen LogP contribution < -0.4 is 21.3 Å². The van der Waals surface area contributed by atoms with Gasteiger partial charge in [0, 0.05) is 24.7 Å². The number of nitrogens with one attached hydrogen (secondary N) is 4. The molecular formula is C22H31N5O3. The number of carbonyl (C=O) groups excluding carboxylic acids is 3. The molecule has 3 fully saturated rings. The molecule has 30 heavy (non-hydrogen) atoms. The first-order valence-electron chi connectivity index (χ1n) is 10.8. The van der Waals surface area contributed by atoms with Crippen LogP contribution in [-0.2, 0) is 14.4 Å². The van der Waals surface area contributed by atoms with Crippen LogP contribution in [0.1, 0.15) is 43.7 Å². The van der Waals surface area contributed by atoms with Gasteiger partial charge in [-0.15, -0.1) is 0 Å². The molecule has 8 heteroatoms. The number of fused-ring (bicyclic) bond motifs is 1. The lowest BCUT2D eigenvalue weighted by Crippen LogP contribution is -2.75. The summed E-state index contributed by atoms with van der Waals surface area (Å²) in [6.45, 7) is 6.92. The smallest absolute Gasteiger partial charge is 0.229 e. The van der Waals surface area contributed by atoms with Gasteiger partial charge in [-0.05, 0) is 50.8 Å². The second-order valence-electron chi connectivity index (χ2n) is 8.85. The van der Waals surface area contributed by atoms with Crippen LogP contribution in [0.4, 0.5) is 5.69 Å². The largest absolute Gasteiger partial charge is 0.340 e. The van der Waals surface area contributed by atoms with E-state index in [2.05, 4.69) is 33.1 Å². The van der Waals surface area contributed by atoms with E-state index >= 15 is 0 Å². The second-order valence-corrected chi connectivity index (χ2v) is 8.85. The summed E-state index contributed by atoms with van der Waals surface area (Å²) in [6.07, 6.45) is 2.44. The van der Waals surface area contributed by atoms with Crippen molar-refractivity contribution in [3.63, 3.8) is 0 Å². The number of amides is 3. The third-order valence-corrected chi connectivity index (χ3v) is 6.61. The molecule has 1 aromatic carbocycles. The SMILES string of the molecule is Cc1ccc(C)c(NC(=O)C2CC(=O)NC3NC(N4CCCCC4C)NC(=O)C32)c1. The van der Waals surface area contributed by atoms with E-state index in [0.29, 0.717) is 11.7 Å². The van der Waals surface area contributed by atoms with Gasteiger partial charge >= 0.3 is 0 Å². The highest BCUT2D eigenvalue weighted by atomic mass is 16.2. The predicted molar refractivity (Wildman–Crippen MR) is 113 cm³/mol. The average molecular weight is 414 g/mol. The van der Waals surface area contributed by atoms with Crippen molar-refractivity contribution in [2.75, 3.05) is 11.9 Å². The van der Waals surface area contributed by atoms with Gasteiger partial charge in [0.05, 0.1) is 18.0 Å². The molecule has 1 aromatic rings. The third-order valence-electron chi connectivity index (χ3n) is 6.61. The van der Waals surface area contributed by atoms with Gasteiger partial charge < -0.3 is 16.0 Å². The first-order chi connectivity index (χ1) is 14.3. The number of carbonyl (C=O) groups is 3. The fourth-order valence-corrected chi connectivity index (χ4v) is 4.84. The molecule has 3 aliphatic rings. The Morgan fingerprint density at radius 3 is 2.73 bits per heavy atom. The Labute approximate surface area is 177 Å². The summed E-state index contributed by atoms with van der Waals surface area (Å²) in [5.41, 5.74) is 2.69. The molecule has 0 aliphatic carbocycles. The topological polar surface area (TPSA) is 103 Å². The Hall–Kier alpha value is -2.45. The number of aryl methyl sites for hydroxylation is 2. The van der Waals surface area contributed by atoms with Crippen molar-refractivity contribution in [3.05, 3.63) is 29.3 Å². The molecule has 3 heterocycles. The summed E-state index contributed by atoms with van der Waals surface area (Å²) < 4.78 is 0. The highest BCUT2D eigenvalue weighted by molar-refractivity contribution is 6.00. The van der Waals surface area contributed by atoms with E-state index < -0.39 is 18.0 Å². The summed E-state index contributed by atoms with van der Waals surface area (Å²) >= 11 is 0. The Balaban J connectivity index is 1.52. The van der Waals surface area contributed by atoms with Crippen LogP contribution in [-0.4, -0.2) is 47.7 Å². The minimum atomic E-state index is -0.726. The molecule has 4 rings (SSSR count). The first-order valence-corrected chi connectivity index (χ1v) is 10.8. The lowest BCUT2D eigenvalue weighted by atomic mass is 9.81. The zero-order valence-corrected chi connectivity index (χ0v) is 17.8. The van der Waals surface area contributed by atoms with Gasteiger partial charge in [-0.25, -0.2) is 0 Å². The van der Waals surface area contributed by atoms with E-state index in [1.54, 1.807) is 0 Å². The van der Waals surface area contributed by atoms with Crippen molar-refractivity contribution < 1.29 is 14.4 Å². The van der Waals surface area contributed by atoms with E-state index in [0.717, 1.165) is 30.5 Å². The van der Waals surface area contributed by atoms with Gasteiger partial charge in [0.2, 0.25) is 17.7 Å². The van der Waals surface area contributed by atoms with E-state index in [1.165, 1.54) is 6.42 Å². The Kier molecular flexibility index (Phi) is 5.79. The molecule has 162 valence electrons. The Morgan fingerprint density at radius 2 is 1.97 bits per heavy atom. The summed E-state index contributed by atoms with van der Waals surface area (Å²) in [5, 5.41) is 12.2. The van der Waals surface area contributed by atoms with Crippen molar-refractivity contribution in [2.24, 2.45) is 11.8 Å². The Morgan fingerprint density at radius 1 is 1.17 bits per heavy atom. The number of hydrogen-bond donors (Lipinski definition) is 4.